The summed E-state index contributed by atoms with van der Waals surface area (Å²) in [6.07, 6.45) is 4.91. The molecule has 0 fully saturated rings. The van der Waals surface area contributed by atoms with Crippen molar-refractivity contribution in [3.63, 3.8) is 0 Å². The fourth-order valence-corrected chi connectivity index (χ4v) is 3.51. The molecule has 0 aromatic heterocycles. The van der Waals surface area contributed by atoms with Gasteiger partial charge in [-0.25, -0.2) is 8.42 Å². The molecule has 0 radical (unpaired) electrons. The molecule has 0 amide bonds. The predicted molar refractivity (Wildman–Crippen MR) is 102 cm³/mol. The molecule has 2 aromatic carbocycles. The van der Waals surface area contributed by atoms with E-state index in [1.54, 1.807) is 35.7 Å². The minimum absolute atomic E-state index is 0.184. The van der Waals surface area contributed by atoms with E-state index < -0.39 is 9.84 Å². The van der Waals surface area contributed by atoms with Gasteiger partial charge in [0.2, 0.25) is 9.84 Å². The van der Waals surface area contributed by atoms with Gasteiger partial charge in [0.15, 0.2) is 0 Å². The highest BCUT2D eigenvalue weighted by Gasteiger charge is 2.18. The second-order valence-corrected chi connectivity index (χ2v) is 7.73. The van der Waals surface area contributed by atoms with Crippen LogP contribution in [0.1, 0.15) is 11.1 Å². The monoisotopic (exact) mass is 354 g/mol. The van der Waals surface area contributed by atoms with Crippen molar-refractivity contribution in [2.75, 3.05) is 6.26 Å². The first-order chi connectivity index (χ1) is 11.5. The van der Waals surface area contributed by atoms with Crippen molar-refractivity contribution < 1.29 is 8.42 Å². The number of sulfone groups is 1. The van der Waals surface area contributed by atoms with Gasteiger partial charge in [0.25, 0.3) is 0 Å². The lowest BCUT2D eigenvalue weighted by Gasteiger charge is -2.05. The zero-order valence-electron chi connectivity index (χ0n) is 13.6. The van der Waals surface area contributed by atoms with Gasteiger partial charge in [0.05, 0.1) is 9.80 Å². The molecule has 0 aliphatic rings. The molecule has 0 saturated heterocycles. The maximum Gasteiger partial charge on any atom is 0.207 e. The smallest absolute Gasteiger partial charge is 0.207 e. The Hall–Kier alpha value is -2.22. The van der Waals surface area contributed by atoms with Crippen LogP contribution < -0.4 is 0 Å². The minimum Gasteiger partial charge on any atom is -0.218 e. The van der Waals surface area contributed by atoms with Crippen LogP contribution in [-0.4, -0.2) is 14.7 Å². The van der Waals surface area contributed by atoms with Crippen LogP contribution in [0.4, 0.5) is 0 Å². The number of hydrogen-bond donors (Lipinski definition) is 0. The molecular weight excluding hydrogens is 336 g/mol. The molecule has 2 rings (SSSR count). The van der Waals surface area contributed by atoms with Crippen LogP contribution in [0.25, 0.3) is 0 Å². The largest absolute Gasteiger partial charge is 0.218 e. The third-order valence-electron chi connectivity index (χ3n) is 3.21. The van der Waals surface area contributed by atoms with Gasteiger partial charge in [-0.2, -0.15) is 0 Å². The average Bonchev–Trinajstić information content (AvgIpc) is 2.59. The first-order valence-electron chi connectivity index (χ1n) is 7.32. The van der Waals surface area contributed by atoms with Crippen molar-refractivity contribution in [3.05, 3.63) is 88.2 Å². The van der Waals surface area contributed by atoms with Gasteiger partial charge in [-0.3, -0.25) is 0 Å². The second kappa shape index (κ2) is 8.58. The van der Waals surface area contributed by atoms with E-state index in [-0.39, 0.29) is 9.80 Å². The number of aryl methyl sites for hydroxylation is 1. The number of allylic oxidation sites excluding steroid dienone is 2. The summed E-state index contributed by atoms with van der Waals surface area (Å²) in [6.45, 7) is 1.92. The normalized spacial score (nSPS) is 12.0. The van der Waals surface area contributed by atoms with Crippen LogP contribution in [0.5, 0.6) is 0 Å². The summed E-state index contributed by atoms with van der Waals surface area (Å²) < 4.78 is 25.6. The van der Waals surface area contributed by atoms with Crippen molar-refractivity contribution >= 4 is 21.6 Å². The summed E-state index contributed by atoms with van der Waals surface area (Å²) in [6, 6.07) is 16.3. The molecule has 2 nitrogen and oxygen atoms in total. The van der Waals surface area contributed by atoms with E-state index in [0.717, 1.165) is 11.1 Å². The van der Waals surface area contributed by atoms with Crippen molar-refractivity contribution in [2.24, 2.45) is 0 Å². The van der Waals surface area contributed by atoms with Crippen molar-refractivity contribution in [1.29, 1.82) is 0 Å². The summed E-state index contributed by atoms with van der Waals surface area (Å²) in [5, 5.41) is 1.74. The van der Waals surface area contributed by atoms with Crippen LogP contribution in [0.2, 0.25) is 0 Å². The quantitative estimate of drug-likeness (QED) is 0.595. The van der Waals surface area contributed by atoms with Gasteiger partial charge >= 0.3 is 0 Å². The standard InChI is InChI=1S/C20H18O2S2/c1-17-11-13-20(14-12-17)24(21,22)19(15-16-23-2)10-6-9-18-7-4-3-5-8-18/h3-5,7-8,10-16H,1-2H3/b16-15+,19-10+. The number of benzene rings is 2. The van der Waals surface area contributed by atoms with Gasteiger partial charge in [-0.15, -0.1) is 11.8 Å². The van der Waals surface area contributed by atoms with Gasteiger partial charge in [-0.1, -0.05) is 47.7 Å². The zero-order chi connectivity index (χ0) is 17.4. The van der Waals surface area contributed by atoms with Gasteiger partial charge < -0.3 is 0 Å². The topological polar surface area (TPSA) is 34.1 Å². The molecule has 0 spiro atoms. The van der Waals surface area contributed by atoms with E-state index in [0.29, 0.717) is 0 Å². The van der Waals surface area contributed by atoms with Crippen LogP contribution in [0, 0.1) is 18.8 Å². The maximum absolute atomic E-state index is 12.8. The summed E-state index contributed by atoms with van der Waals surface area (Å²) in [4.78, 5) is 0.454. The van der Waals surface area contributed by atoms with Crippen LogP contribution in [0.15, 0.2) is 82.0 Å². The fourth-order valence-electron chi connectivity index (χ4n) is 1.92. The molecule has 4 heteroatoms. The number of thioether (sulfide) groups is 1. The molecule has 0 saturated carbocycles. The molecular formula is C20H18O2S2. The van der Waals surface area contributed by atoms with Crippen LogP contribution in [-0.2, 0) is 9.84 Å². The first-order valence-corrected chi connectivity index (χ1v) is 10.1. The Kier molecular flexibility index (Phi) is 6.48. The average molecular weight is 354 g/mol. The van der Waals surface area contributed by atoms with Gasteiger partial charge in [-0.05, 0) is 48.9 Å². The highest BCUT2D eigenvalue weighted by atomic mass is 32.2. The van der Waals surface area contributed by atoms with E-state index in [9.17, 15) is 8.42 Å². The Balaban J connectivity index is 2.41. The molecule has 0 atom stereocenters. The van der Waals surface area contributed by atoms with E-state index in [4.69, 9.17) is 0 Å². The second-order valence-electron chi connectivity index (χ2n) is 5.04. The highest BCUT2D eigenvalue weighted by molar-refractivity contribution is 8.01. The van der Waals surface area contributed by atoms with E-state index in [1.807, 2.05) is 43.5 Å². The van der Waals surface area contributed by atoms with Crippen molar-refractivity contribution in [3.8, 4) is 11.8 Å². The molecule has 0 bridgehead atoms. The number of hydrogen-bond acceptors (Lipinski definition) is 3. The summed E-state index contributed by atoms with van der Waals surface area (Å²) in [5.41, 5.74) is 1.86. The van der Waals surface area contributed by atoms with Crippen molar-refractivity contribution in [1.82, 2.24) is 0 Å². The summed E-state index contributed by atoms with van der Waals surface area (Å²) in [5.74, 6) is 5.80. The zero-order valence-corrected chi connectivity index (χ0v) is 15.2. The van der Waals surface area contributed by atoms with E-state index in [2.05, 4.69) is 11.8 Å². The van der Waals surface area contributed by atoms with Crippen LogP contribution in [0.3, 0.4) is 0 Å². The summed E-state index contributed by atoms with van der Waals surface area (Å²) in [7, 11) is -3.59. The lowest BCUT2D eigenvalue weighted by atomic mass is 10.2. The van der Waals surface area contributed by atoms with Gasteiger partial charge in [0.1, 0.15) is 0 Å². The van der Waals surface area contributed by atoms with Crippen molar-refractivity contribution in [2.45, 2.75) is 11.8 Å². The number of rotatable bonds is 4. The Morgan fingerprint density at radius 2 is 1.71 bits per heavy atom. The Bertz CT molecular complexity index is 896. The third kappa shape index (κ3) is 4.89. The van der Waals surface area contributed by atoms with E-state index >= 15 is 0 Å². The minimum atomic E-state index is -3.59. The SMILES string of the molecule is CS/C=C/C(=C\C#Cc1ccccc1)S(=O)(=O)c1ccc(C)cc1. The molecule has 0 aliphatic carbocycles. The van der Waals surface area contributed by atoms with Gasteiger partial charge in [0, 0.05) is 11.6 Å². The lowest BCUT2D eigenvalue weighted by Crippen LogP contribution is -2.03. The third-order valence-corrected chi connectivity index (χ3v) is 5.39. The molecule has 122 valence electrons. The first kappa shape index (κ1) is 18.1. The Labute approximate surface area is 148 Å². The highest BCUT2D eigenvalue weighted by Crippen LogP contribution is 2.21. The molecule has 2 aromatic rings. The molecule has 0 unspecified atom stereocenters. The maximum atomic E-state index is 12.8. The predicted octanol–water partition coefficient (Wildman–Crippen LogP) is 4.58. The van der Waals surface area contributed by atoms with E-state index in [1.165, 1.54) is 17.8 Å². The fraction of sp³-hybridized carbons (Fsp3) is 0.100. The summed E-state index contributed by atoms with van der Waals surface area (Å²) >= 11 is 1.44. The molecule has 24 heavy (non-hydrogen) atoms. The molecule has 0 heterocycles. The lowest BCUT2D eigenvalue weighted by molar-refractivity contribution is 0.603. The van der Waals surface area contributed by atoms with Crippen LogP contribution >= 0.6 is 11.8 Å². The molecule has 0 N–H and O–H groups in total. The Morgan fingerprint density at radius 1 is 1.04 bits per heavy atom. The molecule has 0 aliphatic heterocycles. The Morgan fingerprint density at radius 3 is 2.33 bits per heavy atom.